The Morgan fingerprint density at radius 2 is 1.95 bits per heavy atom. The summed E-state index contributed by atoms with van der Waals surface area (Å²) < 4.78 is 27.1. The van der Waals surface area contributed by atoms with Crippen molar-refractivity contribution in [2.75, 3.05) is 12.3 Å². The van der Waals surface area contributed by atoms with Crippen LogP contribution in [0.25, 0.3) is 0 Å². The average molecular weight is 311 g/mol. The van der Waals surface area contributed by atoms with E-state index in [1.807, 2.05) is 0 Å². The van der Waals surface area contributed by atoms with E-state index in [0.717, 1.165) is 31.7 Å². The molecule has 3 rings (SSSR count). The molecule has 1 aromatic carbocycles. The van der Waals surface area contributed by atoms with Gasteiger partial charge in [0.25, 0.3) is 5.69 Å². The van der Waals surface area contributed by atoms with E-state index in [1.165, 1.54) is 16.4 Å². The van der Waals surface area contributed by atoms with Gasteiger partial charge in [-0.25, -0.2) is 8.42 Å². The molecular formula is C13H17N3O4S. The summed E-state index contributed by atoms with van der Waals surface area (Å²) in [6.07, 6.45) is 3.79. The maximum absolute atomic E-state index is 12.8. The van der Waals surface area contributed by atoms with E-state index in [9.17, 15) is 18.5 Å². The summed E-state index contributed by atoms with van der Waals surface area (Å²) in [5.74, 6) is 0.417. The van der Waals surface area contributed by atoms with Crippen LogP contribution in [0.15, 0.2) is 23.1 Å². The zero-order chi connectivity index (χ0) is 15.2. The van der Waals surface area contributed by atoms with Gasteiger partial charge in [0.1, 0.15) is 4.90 Å². The van der Waals surface area contributed by atoms with Crippen LogP contribution >= 0.6 is 0 Å². The zero-order valence-corrected chi connectivity index (χ0v) is 12.3. The molecule has 2 fully saturated rings. The Labute approximate surface area is 122 Å². The summed E-state index contributed by atoms with van der Waals surface area (Å²) in [7, 11) is -3.78. The fourth-order valence-corrected chi connectivity index (χ4v) is 4.25. The van der Waals surface area contributed by atoms with Crippen LogP contribution in [0.3, 0.4) is 0 Å². The van der Waals surface area contributed by atoms with Crippen molar-refractivity contribution < 1.29 is 13.3 Å². The predicted octanol–water partition coefficient (Wildman–Crippen LogP) is 1.74. The molecule has 0 heterocycles. The molecule has 0 unspecified atom stereocenters. The Hall–Kier alpha value is -1.67. The van der Waals surface area contributed by atoms with Gasteiger partial charge in [0.15, 0.2) is 0 Å². The summed E-state index contributed by atoms with van der Waals surface area (Å²) in [5.41, 5.74) is 5.55. The van der Waals surface area contributed by atoms with Crippen LogP contribution in [0.4, 0.5) is 11.4 Å². The zero-order valence-electron chi connectivity index (χ0n) is 11.4. The Morgan fingerprint density at radius 1 is 1.29 bits per heavy atom. The first-order chi connectivity index (χ1) is 9.89. The van der Waals surface area contributed by atoms with Crippen molar-refractivity contribution in [1.29, 1.82) is 0 Å². The Balaban J connectivity index is 1.99. The highest BCUT2D eigenvalue weighted by Gasteiger charge is 2.42. The van der Waals surface area contributed by atoms with Gasteiger partial charge < -0.3 is 5.73 Å². The van der Waals surface area contributed by atoms with Crippen LogP contribution in [0.1, 0.15) is 25.7 Å². The van der Waals surface area contributed by atoms with Crippen LogP contribution in [0.2, 0.25) is 0 Å². The maximum Gasteiger partial charge on any atom is 0.270 e. The number of hydrogen-bond acceptors (Lipinski definition) is 5. The molecule has 0 spiro atoms. The molecule has 2 N–H and O–H groups in total. The molecule has 0 saturated heterocycles. The number of hydrogen-bond donors (Lipinski definition) is 1. The Bertz CT molecular complexity index is 681. The summed E-state index contributed by atoms with van der Waals surface area (Å²) in [4.78, 5) is 10.1. The summed E-state index contributed by atoms with van der Waals surface area (Å²) >= 11 is 0. The first-order valence-electron chi connectivity index (χ1n) is 6.95. The standard InChI is InChI=1S/C13H17N3O4S/c14-12-6-5-11(16(17)18)7-13(12)21(19,20)15(10-3-4-10)8-9-1-2-9/h5-7,9-10H,1-4,8,14H2. The van der Waals surface area contributed by atoms with Gasteiger partial charge in [-0.3, -0.25) is 10.1 Å². The van der Waals surface area contributed by atoms with Gasteiger partial charge in [0.2, 0.25) is 10.0 Å². The first-order valence-corrected chi connectivity index (χ1v) is 8.39. The highest BCUT2D eigenvalue weighted by atomic mass is 32.2. The SMILES string of the molecule is Nc1ccc([N+](=O)[O-])cc1S(=O)(=O)N(CC1CC1)C1CC1. The third-order valence-electron chi connectivity index (χ3n) is 3.88. The molecule has 2 aliphatic carbocycles. The summed E-state index contributed by atoms with van der Waals surface area (Å²) in [6, 6.07) is 3.59. The van der Waals surface area contributed by atoms with E-state index >= 15 is 0 Å². The number of benzene rings is 1. The number of nitrogens with two attached hydrogens (primary N) is 1. The average Bonchev–Trinajstić information content (AvgIpc) is 3.28. The van der Waals surface area contributed by atoms with Crippen molar-refractivity contribution >= 4 is 21.4 Å². The molecule has 7 nitrogen and oxygen atoms in total. The van der Waals surface area contributed by atoms with Gasteiger partial charge >= 0.3 is 0 Å². The predicted molar refractivity (Wildman–Crippen MR) is 77.1 cm³/mol. The lowest BCUT2D eigenvalue weighted by Crippen LogP contribution is -2.35. The summed E-state index contributed by atoms with van der Waals surface area (Å²) in [6.45, 7) is 0.495. The Morgan fingerprint density at radius 3 is 2.48 bits per heavy atom. The summed E-state index contributed by atoms with van der Waals surface area (Å²) in [5, 5.41) is 10.9. The number of rotatable bonds is 6. The smallest absolute Gasteiger partial charge is 0.270 e. The third-order valence-corrected chi connectivity index (χ3v) is 5.86. The van der Waals surface area contributed by atoms with Crippen molar-refractivity contribution in [3.05, 3.63) is 28.3 Å². The molecule has 0 aromatic heterocycles. The van der Waals surface area contributed by atoms with Crippen molar-refractivity contribution in [2.24, 2.45) is 5.92 Å². The normalized spacial score (nSPS) is 18.9. The van der Waals surface area contributed by atoms with Gasteiger partial charge in [0, 0.05) is 24.7 Å². The van der Waals surface area contributed by atoms with E-state index in [2.05, 4.69) is 0 Å². The first kappa shape index (κ1) is 14.3. The molecule has 2 aliphatic rings. The number of nitrogen functional groups attached to an aromatic ring is 1. The molecule has 114 valence electrons. The number of nitrogens with zero attached hydrogens (tertiary/aromatic N) is 2. The lowest BCUT2D eigenvalue weighted by atomic mass is 10.3. The molecule has 0 aliphatic heterocycles. The highest BCUT2D eigenvalue weighted by molar-refractivity contribution is 7.89. The van der Waals surface area contributed by atoms with Crippen molar-refractivity contribution in [1.82, 2.24) is 4.31 Å². The molecule has 0 amide bonds. The van der Waals surface area contributed by atoms with Crippen LogP contribution < -0.4 is 5.73 Å². The largest absolute Gasteiger partial charge is 0.398 e. The molecule has 0 bridgehead atoms. The van der Waals surface area contributed by atoms with E-state index in [4.69, 9.17) is 5.73 Å². The van der Waals surface area contributed by atoms with Crippen LogP contribution in [-0.4, -0.2) is 30.2 Å². The second-order valence-corrected chi connectivity index (χ2v) is 7.59. The second kappa shape index (κ2) is 4.96. The monoisotopic (exact) mass is 311 g/mol. The van der Waals surface area contributed by atoms with Crippen LogP contribution in [0, 0.1) is 16.0 Å². The minimum absolute atomic E-state index is 0.0225. The molecule has 8 heteroatoms. The quantitative estimate of drug-likeness (QED) is 0.489. The number of sulfonamides is 1. The van der Waals surface area contributed by atoms with Crippen molar-refractivity contribution in [3.8, 4) is 0 Å². The van der Waals surface area contributed by atoms with Crippen LogP contribution in [0.5, 0.6) is 0 Å². The van der Waals surface area contributed by atoms with E-state index in [1.54, 1.807) is 0 Å². The number of nitro benzene ring substituents is 1. The molecule has 2 saturated carbocycles. The molecular weight excluding hydrogens is 294 g/mol. The molecule has 21 heavy (non-hydrogen) atoms. The molecule has 0 radical (unpaired) electrons. The lowest BCUT2D eigenvalue weighted by molar-refractivity contribution is -0.385. The van der Waals surface area contributed by atoms with E-state index in [-0.39, 0.29) is 22.3 Å². The second-order valence-electron chi connectivity index (χ2n) is 5.73. The fourth-order valence-electron chi connectivity index (χ4n) is 2.35. The molecule has 0 atom stereocenters. The third kappa shape index (κ3) is 2.86. The van der Waals surface area contributed by atoms with Gasteiger partial charge in [-0.2, -0.15) is 4.31 Å². The fraction of sp³-hybridized carbons (Fsp3) is 0.538. The van der Waals surface area contributed by atoms with Gasteiger partial charge in [-0.15, -0.1) is 0 Å². The highest BCUT2D eigenvalue weighted by Crippen LogP contribution is 2.39. The number of anilines is 1. The minimum Gasteiger partial charge on any atom is -0.398 e. The lowest BCUT2D eigenvalue weighted by Gasteiger charge is -2.22. The van der Waals surface area contributed by atoms with Crippen LogP contribution in [-0.2, 0) is 10.0 Å². The van der Waals surface area contributed by atoms with Gasteiger partial charge in [-0.1, -0.05) is 0 Å². The number of non-ortho nitro benzene ring substituents is 1. The maximum atomic E-state index is 12.8. The number of nitro groups is 1. The van der Waals surface area contributed by atoms with Crippen molar-refractivity contribution in [2.45, 2.75) is 36.6 Å². The Kier molecular flexibility index (Phi) is 3.37. The van der Waals surface area contributed by atoms with E-state index in [0.29, 0.717) is 12.5 Å². The van der Waals surface area contributed by atoms with Gasteiger partial charge in [-0.05, 0) is 37.7 Å². The van der Waals surface area contributed by atoms with E-state index < -0.39 is 14.9 Å². The van der Waals surface area contributed by atoms with Gasteiger partial charge in [0.05, 0.1) is 10.6 Å². The van der Waals surface area contributed by atoms with Crippen molar-refractivity contribution in [3.63, 3.8) is 0 Å². The topological polar surface area (TPSA) is 107 Å². The molecule has 1 aromatic rings. The minimum atomic E-state index is -3.78.